The molecule has 21 heavy (non-hydrogen) atoms. The highest BCUT2D eigenvalue weighted by atomic mass is 79.9. The van der Waals surface area contributed by atoms with Crippen molar-refractivity contribution >= 4 is 31.6 Å². The van der Waals surface area contributed by atoms with Gasteiger partial charge in [0.05, 0.1) is 17.1 Å². The molecule has 1 heterocycles. The normalized spacial score (nSPS) is 11.6. The summed E-state index contributed by atoms with van der Waals surface area (Å²) in [7, 11) is -2.13. The average molecular weight is 377 g/mol. The molecule has 0 aliphatic heterocycles. The molecule has 0 spiro atoms. The van der Waals surface area contributed by atoms with Gasteiger partial charge >= 0.3 is 0 Å². The summed E-state index contributed by atoms with van der Waals surface area (Å²) in [6.45, 7) is 1.94. The van der Waals surface area contributed by atoms with Crippen molar-refractivity contribution in [2.45, 2.75) is 18.4 Å². The summed E-state index contributed by atoms with van der Waals surface area (Å²) in [5.74, 6) is -0.458. The lowest BCUT2D eigenvalue weighted by molar-refractivity contribution is 0.598. The first-order chi connectivity index (χ1) is 9.85. The minimum absolute atomic E-state index is 0.0908. The first-order valence-electron chi connectivity index (χ1n) is 6.01. The number of anilines is 1. The van der Waals surface area contributed by atoms with E-state index < -0.39 is 15.8 Å². The molecule has 0 saturated heterocycles. The molecule has 0 atom stereocenters. The fourth-order valence-corrected chi connectivity index (χ4v) is 3.91. The van der Waals surface area contributed by atoms with Crippen LogP contribution in [-0.4, -0.2) is 25.7 Å². The molecule has 0 amide bonds. The summed E-state index contributed by atoms with van der Waals surface area (Å²) in [4.78, 5) is 0.0908. The SMILES string of the molecule is CNCc1n[nH]c(C)c1S(=O)(=O)Nc1ccc(F)cc1Br. The van der Waals surface area contributed by atoms with E-state index in [2.05, 4.69) is 36.2 Å². The van der Waals surface area contributed by atoms with Crippen LogP contribution in [0.1, 0.15) is 11.4 Å². The third-order valence-electron chi connectivity index (χ3n) is 2.75. The van der Waals surface area contributed by atoms with Gasteiger partial charge in [0.15, 0.2) is 0 Å². The maximum absolute atomic E-state index is 13.1. The van der Waals surface area contributed by atoms with Crippen LogP contribution in [0.4, 0.5) is 10.1 Å². The van der Waals surface area contributed by atoms with Gasteiger partial charge in [-0.15, -0.1) is 0 Å². The molecule has 114 valence electrons. The maximum atomic E-state index is 13.1. The lowest BCUT2D eigenvalue weighted by Gasteiger charge is -2.10. The van der Waals surface area contributed by atoms with Gasteiger partial charge in [-0.3, -0.25) is 9.82 Å². The van der Waals surface area contributed by atoms with E-state index in [9.17, 15) is 12.8 Å². The standard InChI is InChI=1S/C12H14BrFN4O2S/c1-7-12(11(6-15-2)17-16-7)21(19,20)18-10-4-3-8(14)5-9(10)13/h3-5,15,18H,6H2,1-2H3,(H,16,17). The Balaban J connectivity index is 2.41. The highest BCUT2D eigenvalue weighted by Crippen LogP contribution is 2.27. The van der Waals surface area contributed by atoms with Crippen molar-refractivity contribution in [3.8, 4) is 0 Å². The second-order valence-corrected chi connectivity index (χ2v) is 6.86. The van der Waals surface area contributed by atoms with Crippen molar-refractivity contribution in [3.63, 3.8) is 0 Å². The van der Waals surface area contributed by atoms with Crippen molar-refractivity contribution in [2.24, 2.45) is 0 Å². The zero-order valence-corrected chi connectivity index (χ0v) is 13.8. The van der Waals surface area contributed by atoms with E-state index in [1.54, 1.807) is 14.0 Å². The van der Waals surface area contributed by atoms with Crippen LogP contribution in [0.2, 0.25) is 0 Å². The number of rotatable bonds is 5. The van der Waals surface area contributed by atoms with Crippen LogP contribution in [0.15, 0.2) is 27.6 Å². The molecular formula is C12H14BrFN4O2S. The largest absolute Gasteiger partial charge is 0.314 e. The van der Waals surface area contributed by atoms with Crippen molar-refractivity contribution in [1.82, 2.24) is 15.5 Å². The Bertz CT molecular complexity index is 761. The Morgan fingerprint density at radius 3 is 2.76 bits per heavy atom. The van der Waals surface area contributed by atoms with Crippen LogP contribution in [-0.2, 0) is 16.6 Å². The Morgan fingerprint density at radius 2 is 2.14 bits per heavy atom. The van der Waals surface area contributed by atoms with Crippen molar-refractivity contribution in [3.05, 3.63) is 39.9 Å². The monoisotopic (exact) mass is 376 g/mol. The summed E-state index contributed by atoms with van der Waals surface area (Å²) in [5.41, 5.74) is 1.08. The number of nitrogens with one attached hydrogen (secondary N) is 3. The van der Waals surface area contributed by atoms with Crippen molar-refractivity contribution in [1.29, 1.82) is 0 Å². The molecule has 0 saturated carbocycles. The van der Waals surface area contributed by atoms with Crippen LogP contribution >= 0.6 is 15.9 Å². The fraction of sp³-hybridized carbons (Fsp3) is 0.250. The topological polar surface area (TPSA) is 86.9 Å². The lowest BCUT2D eigenvalue weighted by Crippen LogP contribution is -2.17. The van der Waals surface area contributed by atoms with Gasteiger partial charge in [0.2, 0.25) is 0 Å². The van der Waals surface area contributed by atoms with E-state index >= 15 is 0 Å². The lowest BCUT2D eigenvalue weighted by atomic mass is 10.3. The molecule has 0 bridgehead atoms. The Labute approximate surface area is 130 Å². The predicted octanol–water partition coefficient (Wildman–Crippen LogP) is 2.14. The summed E-state index contributed by atoms with van der Waals surface area (Å²) in [6, 6.07) is 3.72. The van der Waals surface area contributed by atoms with E-state index in [-0.39, 0.29) is 10.6 Å². The third kappa shape index (κ3) is 3.42. The molecule has 0 aliphatic carbocycles. The molecule has 1 aromatic carbocycles. The van der Waals surface area contributed by atoms with Gasteiger partial charge in [0.1, 0.15) is 10.7 Å². The van der Waals surface area contributed by atoms with Gasteiger partial charge in [0.25, 0.3) is 10.0 Å². The van der Waals surface area contributed by atoms with E-state index in [1.165, 1.54) is 18.2 Å². The molecule has 0 radical (unpaired) electrons. The van der Waals surface area contributed by atoms with Crippen LogP contribution in [0.25, 0.3) is 0 Å². The van der Waals surface area contributed by atoms with Crippen LogP contribution in [0, 0.1) is 12.7 Å². The number of aromatic nitrogens is 2. The van der Waals surface area contributed by atoms with Gasteiger partial charge in [0, 0.05) is 11.0 Å². The number of halogens is 2. The minimum atomic E-state index is -3.83. The number of aromatic amines is 1. The van der Waals surface area contributed by atoms with Gasteiger partial charge in [-0.25, -0.2) is 12.8 Å². The summed E-state index contributed by atoms with van der Waals surface area (Å²) < 4.78 is 40.8. The molecule has 1 aromatic heterocycles. The zero-order valence-electron chi connectivity index (χ0n) is 11.4. The molecule has 2 aromatic rings. The number of H-pyrrole nitrogens is 1. The van der Waals surface area contributed by atoms with Gasteiger partial charge in [-0.05, 0) is 48.1 Å². The van der Waals surface area contributed by atoms with E-state index in [1.807, 2.05) is 0 Å². The number of nitrogens with zero attached hydrogens (tertiary/aromatic N) is 1. The van der Waals surface area contributed by atoms with Crippen LogP contribution < -0.4 is 10.0 Å². The Hall–Kier alpha value is -1.45. The molecule has 0 fully saturated rings. The third-order valence-corrected chi connectivity index (χ3v) is 4.97. The second-order valence-electron chi connectivity index (χ2n) is 4.38. The molecule has 0 unspecified atom stereocenters. The summed E-state index contributed by atoms with van der Waals surface area (Å²) in [6.07, 6.45) is 0. The molecule has 2 rings (SSSR count). The zero-order chi connectivity index (χ0) is 15.6. The molecule has 0 aliphatic rings. The number of hydrogen-bond donors (Lipinski definition) is 3. The van der Waals surface area contributed by atoms with Crippen molar-refractivity contribution < 1.29 is 12.8 Å². The molecule has 6 nitrogen and oxygen atoms in total. The maximum Gasteiger partial charge on any atom is 0.265 e. The summed E-state index contributed by atoms with van der Waals surface area (Å²) in [5, 5.41) is 9.49. The van der Waals surface area contributed by atoms with Gasteiger partial charge in [-0.2, -0.15) is 5.10 Å². The smallest absolute Gasteiger partial charge is 0.265 e. The molecule has 9 heteroatoms. The first-order valence-corrected chi connectivity index (χ1v) is 8.29. The van der Waals surface area contributed by atoms with Crippen LogP contribution in [0.3, 0.4) is 0 Å². The highest BCUT2D eigenvalue weighted by molar-refractivity contribution is 9.10. The number of sulfonamides is 1. The average Bonchev–Trinajstić information content (AvgIpc) is 2.75. The second kappa shape index (κ2) is 6.12. The van der Waals surface area contributed by atoms with Crippen LogP contribution in [0.5, 0.6) is 0 Å². The number of hydrogen-bond acceptors (Lipinski definition) is 4. The van der Waals surface area contributed by atoms with E-state index in [0.717, 1.165) is 0 Å². The van der Waals surface area contributed by atoms with Crippen molar-refractivity contribution in [2.75, 3.05) is 11.8 Å². The Morgan fingerprint density at radius 1 is 1.43 bits per heavy atom. The summed E-state index contributed by atoms with van der Waals surface area (Å²) >= 11 is 3.13. The fourth-order valence-electron chi connectivity index (χ4n) is 1.88. The molecule has 3 N–H and O–H groups in total. The number of benzene rings is 1. The van der Waals surface area contributed by atoms with E-state index in [4.69, 9.17) is 0 Å². The predicted molar refractivity (Wildman–Crippen MR) is 81.0 cm³/mol. The van der Waals surface area contributed by atoms with Gasteiger partial charge < -0.3 is 5.32 Å². The quantitative estimate of drug-likeness (QED) is 0.745. The minimum Gasteiger partial charge on any atom is -0.314 e. The highest BCUT2D eigenvalue weighted by Gasteiger charge is 2.24. The first kappa shape index (κ1) is 15.9. The van der Waals surface area contributed by atoms with Gasteiger partial charge in [-0.1, -0.05) is 0 Å². The number of aryl methyl sites for hydroxylation is 1. The van der Waals surface area contributed by atoms with E-state index in [0.29, 0.717) is 22.4 Å². The molecular weight excluding hydrogens is 363 g/mol. The Kier molecular flexibility index (Phi) is 4.64.